The maximum absolute atomic E-state index is 13.8. The minimum absolute atomic E-state index is 0.323. The van der Waals surface area contributed by atoms with E-state index in [1.807, 2.05) is 4.90 Å². The van der Waals surface area contributed by atoms with Crippen LogP contribution in [0.4, 0.5) is 14.5 Å². The van der Waals surface area contributed by atoms with Gasteiger partial charge in [0.15, 0.2) is 0 Å². The Balaban J connectivity index is 1.45. The Morgan fingerprint density at radius 3 is 2.25 bits per heavy atom. The summed E-state index contributed by atoms with van der Waals surface area (Å²) in [6.45, 7) is 7.17. The van der Waals surface area contributed by atoms with Crippen molar-refractivity contribution in [1.29, 1.82) is 0 Å². The second kappa shape index (κ2) is 8.20. The van der Waals surface area contributed by atoms with Gasteiger partial charge in [0, 0.05) is 58.4 Å². The van der Waals surface area contributed by atoms with Crippen LogP contribution < -0.4 is 4.90 Å². The zero-order valence-electron chi connectivity index (χ0n) is 13.8. The van der Waals surface area contributed by atoms with Gasteiger partial charge >= 0.3 is 0 Å². The number of benzene rings is 1. The molecule has 2 aliphatic heterocycles. The summed E-state index contributed by atoms with van der Waals surface area (Å²) in [5.74, 6) is -0.813. The summed E-state index contributed by atoms with van der Waals surface area (Å²) in [7, 11) is 0. The highest BCUT2D eigenvalue weighted by Gasteiger charge is 2.23. The maximum Gasteiger partial charge on any atom is 0.146 e. The molecule has 3 rings (SSSR count). The molecule has 0 saturated carbocycles. The van der Waals surface area contributed by atoms with E-state index in [9.17, 15) is 13.9 Å². The molecular weight excluding hydrogens is 316 g/mol. The average Bonchev–Trinajstić information content (AvgIpc) is 2.59. The first-order valence-corrected chi connectivity index (χ1v) is 8.52. The first-order chi connectivity index (χ1) is 11.6. The predicted molar refractivity (Wildman–Crippen MR) is 88.3 cm³/mol. The number of hydrogen-bond donors (Lipinski definition) is 1. The van der Waals surface area contributed by atoms with Crippen LogP contribution >= 0.6 is 0 Å². The molecule has 1 aromatic rings. The number of hydrogen-bond acceptors (Lipinski definition) is 5. The van der Waals surface area contributed by atoms with Gasteiger partial charge in [-0.25, -0.2) is 8.78 Å². The lowest BCUT2D eigenvalue weighted by atomic mass is 10.2. The number of aliphatic hydroxyl groups is 1. The van der Waals surface area contributed by atoms with Gasteiger partial charge in [0.25, 0.3) is 0 Å². The molecule has 1 N–H and O–H groups in total. The Morgan fingerprint density at radius 2 is 1.58 bits per heavy atom. The molecule has 2 heterocycles. The van der Waals surface area contributed by atoms with Gasteiger partial charge in [-0.1, -0.05) is 0 Å². The van der Waals surface area contributed by atoms with Gasteiger partial charge in [0.2, 0.25) is 0 Å². The van der Waals surface area contributed by atoms with Crippen molar-refractivity contribution in [2.75, 3.05) is 70.5 Å². The van der Waals surface area contributed by atoms with Crippen molar-refractivity contribution >= 4 is 5.69 Å². The molecule has 134 valence electrons. The van der Waals surface area contributed by atoms with Crippen molar-refractivity contribution in [2.45, 2.75) is 6.10 Å². The van der Waals surface area contributed by atoms with E-state index in [4.69, 9.17) is 4.74 Å². The molecule has 0 spiro atoms. The smallest absolute Gasteiger partial charge is 0.146 e. The van der Waals surface area contributed by atoms with E-state index in [1.54, 1.807) is 0 Å². The van der Waals surface area contributed by atoms with Crippen LogP contribution in [0.1, 0.15) is 0 Å². The Labute approximate surface area is 141 Å². The van der Waals surface area contributed by atoms with E-state index in [-0.39, 0.29) is 0 Å². The van der Waals surface area contributed by atoms with Crippen molar-refractivity contribution in [2.24, 2.45) is 0 Å². The number of aliphatic hydroxyl groups excluding tert-OH is 1. The molecule has 1 atom stereocenters. The van der Waals surface area contributed by atoms with Crippen LogP contribution in [0.25, 0.3) is 0 Å². The van der Waals surface area contributed by atoms with Gasteiger partial charge in [-0.2, -0.15) is 0 Å². The summed E-state index contributed by atoms with van der Waals surface area (Å²) in [4.78, 5) is 6.26. The molecular formula is C17H25F2N3O2. The number of rotatable bonds is 5. The second-order valence-electron chi connectivity index (χ2n) is 6.45. The lowest BCUT2D eigenvalue weighted by molar-refractivity contribution is 0.00655. The molecule has 2 aliphatic rings. The lowest BCUT2D eigenvalue weighted by Crippen LogP contribution is -2.51. The van der Waals surface area contributed by atoms with E-state index in [0.717, 1.165) is 45.5 Å². The van der Waals surface area contributed by atoms with E-state index >= 15 is 0 Å². The van der Waals surface area contributed by atoms with Gasteiger partial charge in [-0.05, 0) is 12.1 Å². The molecule has 1 aromatic carbocycles. The van der Waals surface area contributed by atoms with Crippen LogP contribution in [0, 0.1) is 11.6 Å². The Bertz CT molecular complexity index is 533. The molecule has 0 aliphatic carbocycles. The molecule has 0 bridgehead atoms. The molecule has 2 saturated heterocycles. The Kier molecular flexibility index (Phi) is 5.99. The molecule has 0 aromatic heterocycles. The maximum atomic E-state index is 13.8. The van der Waals surface area contributed by atoms with Crippen LogP contribution in [0.15, 0.2) is 18.2 Å². The number of halogens is 2. The van der Waals surface area contributed by atoms with E-state index in [2.05, 4.69) is 9.80 Å². The van der Waals surface area contributed by atoms with E-state index in [1.165, 1.54) is 12.1 Å². The Hall–Kier alpha value is -1.28. The van der Waals surface area contributed by atoms with Gasteiger partial charge in [0.05, 0.1) is 25.0 Å². The highest BCUT2D eigenvalue weighted by atomic mass is 19.1. The summed E-state index contributed by atoms with van der Waals surface area (Å²) in [6.07, 6.45) is -0.402. The van der Waals surface area contributed by atoms with Gasteiger partial charge in [-0.3, -0.25) is 9.80 Å². The summed E-state index contributed by atoms with van der Waals surface area (Å²) in [5, 5.41) is 10.3. The molecule has 0 amide bonds. The SMILES string of the molecule is OC(CN1CCOCC1)CN1CCN(c2cc(F)ccc2F)CC1. The summed E-state index contributed by atoms with van der Waals surface area (Å²) in [5.41, 5.74) is 0.323. The third-order valence-corrected chi connectivity index (χ3v) is 4.66. The first-order valence-electron chi connectivity index (χ1n) is 8.52. The van der Waals surface area contributed by atoms with Crippen LogP contribution in [-0.2, 0) is 4.74 Å². The van der Waals surface area contributed by atoms with Crippen LogP contribution in [0.5, 0.6) is 0 Å². The van der Waals surface area contributed by atoms with Crippen molar-refractivity contribution in [3.8, 4) is 0 Å². The summed E-state index contributed by atoms with van der Waals surface area (Å²) >= 11 is 0. The highest BCUT2D eigenvalue weighted by Crippen LogP contribution is 2.22. The minimum atomic E-state index is -0.422. The number of morpholine rings is 1. The molecule has 0 radical (unpaired) electrons. The van der Waals surface area contributed by atoms with Gasteiger partial charge in [0.1, 0.15) is 11.6 Å². The number of ether oxygens (including phenoxy) is 1. The molecule has 1 unspecified atom stereocenters. The third-order valence-electron chi connectivity index (χ3n) is 4.66. The van der Waals surface area contributed by atoms with Crippen LogP contribution in [-0.4, -0.2) is 86.6 Å². The summed E-state index contributed by atoms with van der Waals surface area (Å²) in [6, 6.07) is 3.55. The topological polar surface area (TPSA) is 39.2 Å². The standard InChI is InChI=1S/C17H25F2N3O2/c18-14-1-2-16(19)17(11-14)22-5-3-20(4-6-22)12-15(23)13-21-7-9-24-10-8-21/h1-2,11,15,23H,3-10,12-13H2. The zero-order valence-corrected chi connectivity index (χ0v) is 13.8. The monoisotopic (exact) mass is 341 g/mol. The molecule has 7 heteroatoms. The van der Waals surface area contributed by atoms with Crippen LogP contribution in [0.3, 0.4) is 0 Å². The summed E-state index contributed by atoms with van der Waals surface area (Å²) < 4.78 is 32.5. The van der Waals surface area contributed by atoms with Gasteiger partial charge in [-0.15, -0.1) is 0 Å². The number of β-amino-alcohol motifs (C(OH)–C–C–N with tert-alkyl or cyclic N) is 1. The minimum Gasteiger partial charge on any atom is -0.390 e. The zero-order chi connectivity index (χ0) is 16.9. The molecule has 2 fully saturated rings. The number of piperazine rings is 1. The van der Waals surface area contributed by atoms with Crippen molar-refractivity contribution in [3.05, 3.63) is 29.8 Å². The fourth-order valence-corrected chi connectivity index (χ4v) is 3.34. The predicted octanol–water partition coefficient (Wildman–Crippen LogP) is 0.780. The van der Waals surface area contributed by atoms with E-state index < -0.39 is 17.7 Å². The first kappa shape index (κ1) is 17.5. The molecule has 24 heavy (non-hydrogen) atoms. The van der Waals surface area contributed by atoms with E-state index in [0.29, 0.717) is 31.9 Å². The second-order valence-corrected chi connectivity index (χ2v) is 6.45. The number of nitrogens with zero attached hydrogens (tertiary/aromatic N) is 3. The Morgan fingerprint density at radius 1 is 0.958 bits per heavy atom. The lowest BCUT2D eigenvalue weighted by Gasteiger charge is -2.37. The molecule has 5 nitrogen and oxygen atoms in total. The third kappa shape index (κ3) is 4.63. The van der Waals surface area contributed by atoms with Gasteiger partial charge < -0.3 is 14.7 Å². The number of anilines is 1. The van der Waals surface area contributed by atoms with Crippen LogP contribution in [0.2, 0.25) is 0 Å². The largest absolute Gasteiger partial charge is 0.390 e. The normalized spacial score (nSPS) is 21.9. The quantitative estimate of drug-likeness (QED) is 0.857. The van der Waals surface area contributed by atoms with Crippen molar-refractivity contribution in [1.82, 2.24) is 9.80 Å². The van der Waals surface area contributed by atoms with Crippen molar-refractivity contribution < 1.29 is 18.6 Å². The average molecular weight is 341 g/mol. The highest BCUT2D eigenvalue weighted by molar-refractivity contribution is 5.48. The van der Waals surface area contributed by atoms with Crippen molar-refractivity contribution in [3.63, 3.8) is 0 Å². The fraction of sp³-hybridized carbons (Fsp3) is 0.647. The fourth-order valence-electron chi connectivity index (χ4n) is 3.34.